The highest BCUT2D eigenvalue weighted by atomic mass is 127. The summed E-state index contributed by atoms with van der Waals surface area (Å²) in [6, 6.07) is 10.1. The summed E-state index contributed by atoms with van der Waals surface area (Å²) in [5.74, 6) is 1.71. The summed E-state index contributed by atoms with van der Waals surface area (Å²) in [5.41, 5.74) is 2.27. The number of rotatable bonds is 8. The number of aliphatic imine (C=N–C) groups is 1. The van der Waals surface area contributed by atoms with Crippen LogP contribution in [0.3, 0.4) is 0 Å². The monoisotopic (exact) mass is 519 g/mol. The second-order valence-electron chi connectivity index (χ2n) is 6.82. The van der Waals surface area contributed by atoms with Crippen LogP contribution in [0.5, 0.6) is 5.75 Å². The highest BCUT2D eigenvalue weighted by Gasteiger charge is 2.10. The molecule has 0 aliphatic rings. The third-order valence-electron chi connectivity index (χ3n) is 4.20. The lowest BCUT2D eigenvalue weighted by Gasteiger charge is -2.22. The number of nitrogens with zero attached hydrogens (tertiary/aromatic N) is 4. The zero-order valence-corrected chi connectivity index (χ0v) is 20.4. The van der Waals surface area contributed by atoms with Gasteiger partial charge >= 0.3 is 0 Å². The van der Waals surface area contributed by atoms with Gasteiger partial charge in [-0.2, -0.15) is 0 Å². The van der Waals surface area contributed by atoms with Crippen molar-refractivity contribution in [3.8, 4) is 5.75 Å². The number of hydrogen-bond donors (Lipinski definition) is 1. The second-order valence-corrected chi connectivity index (χ2v) is 7.25. The lowest BCUT2D eigenvalue weighted by atomic mass is 10.2. The minimum atomic E-state index is 0. The fraction of sp³-hybridized carbons (Fsp3) is 0.450. The maximum Gasteiger partial charge on any atom is 0.194 e. The van der Waals surface area contributed by atoms with Crippen molar-refractivity contribution in [2.24, 2.45) is 12.0 Å². The molecular formula is C20H31ClIN5O. The molecule has 8 heteroatoms. The summed E-state index contributed by atoms with van der Waals surface area (Å²) in [4.78, 5) is 8.55. The van der Waals surface area contributed by atoms with E-state index in [1.165, 1.54) is 0 Å². The van der Waals surface area contributed by atoms with Crippen LogP contribution in [0, 0.1) is 0 Å². The van der Waals surface area contributed by atoms with Crippen LogP contribution in [0.25, 0.3) is 0 Å². The fourth-order valence-electron chi connectivity index (χ4n) is 2.70. The number of aromatic nitrogens is 1. The molecule has 1 aromatic heterocycles. The Kier molecular flexibility index (Phi) is 10.7. The Morgan fingerprint density at radius 2 is 2.00 bits per heavy atom. The number of benzene rings is 1. The molecule has 0 aliphatic heterocycles. The Labute approximate surface area is 190 Å². The molecule has 0 bridgehead atoms. The molecule has 2 rings (SSSR count). The standard InChI is InChI=1S/C20H30ClN5O.HI/c1-22-20(26(5)15-18-12-17(21)14-25(18)4)23-13-16-7-6-8-19(11-16)27-10-9-24(2)3;/h6-8,11-12,14H,9-10,13,15H2,1-5H3,(H,22,23);1H. The van der Waals surface area contributed by atoms with E-state index in [1.54, 1.807) is 7.05 Å². The van der Waals surface area contributed by atoms with Crippen molar-refractivity contribution in [1.29, 1.82) is 0 Å². The van der Waals surface area contributed by atoms with Crippen LogP contribution in [-0.4, -0.2) is 61.7 Å². The molecular weight excluding hydrogens is 489 g/mol. The average molecular weight is 520 g/mol. The van der Waals surface area contributed by atoms with Gasteiger partial charge in [0.2, 0.25) is 0 Å². The van der Waals surface area contributed by atoms with Crippen molar-refractivity contribution in [2.75, 3.05) is 41.3 Å². The smallest absolute Gasteiger partial charge is 0.194 e. The van der Waals surface area contributed by atoms with Crippen LogP contribution in [-0.2, 0) is 20.1 Å². The highest BCUT2D eigenvalue weighted by molar-refractivity contribution is 14.0. The Morgan fingerprint density at radius 3 is 2.61 bits per heavy atom. The number of halogens is 2. The molecule has 6 nitrogen and oxygen atoms in total. The van der Waals surface area contributed by atoms with Crippen LogP contribution in [0.15, 0.2) is 41.5 Å². The molecule has 0 aliphatic carbocycles. The Bertz CT molecular complexity index is 763. The van der Waals surface area contributed by atoms with Gasteiger partial charge < -0.3 is 24.4 Å². The molecule has 2 aromatic rings. The lowest BCUT2D eigenvalue weighted by molar-refractivity contribution is 0.261. The van der Waals surface area contributed by atoms with Crippen LogP contribution in [0.2, 0.25) is 5.02 Å². The number of aryl methyl sites for hydroxylation is 1. The number of guanidine groups is 1. The summed E-state index contributed by atoms with van der Waals surface area (Å²) in [6.45, 7) is 2.96. The van der Waals surface area contributed by atoms with Crippen molar-refractivity contribution in [3.63, 3.8) is 0 Å². The van der Waals surface area contributed by atoms with Gasteiger partial charge in [0.05, 0.1) is 11.6 Å². The second kappa shape index (κ2) is 12.2. The Balaban J connectivity index is 0.00000392. The lowest BCUT2D eigenvalue weighted by Crippen LogP contribution is -2.38. The quantitative estimate of drug-likeness (QED) is 0.330. The van der Waals surface area contributed by atoms with Gasteiger partial charge in [0.1, 0.15) is 12.4 Å². The van der Waals surface area contributed by atoms with Crippen LogP contribution in [0.1, 0.15) is 11.3 Å². The van der Waals surface area contributed by atoms with E-state index >= 15 is 0 Å². The van der Waals surface area contributed by atoms with Gasteiger partial charge in [0, 0.05) is 46.1 Å². The summed E-state index contributed by atoms with van der Waals surface area (Å²) >= 11 is 6.07. The van der Waals surface area contributed by atoms with Gasteiger partial charge in [0.25, 0.3) is 0 Å². The predicted octanol–water partition coefficient (Wildman–Crippen LogP) is 3.44. The van der Waals surface area contributed by atoms with E-state index < -0.39 is 0 Å². The molecule has 0 amide bonds. The van der Waals surface area contributed by atoms with Crippen LogP contribution in [0.4, 0.5) is 0 Å². The summed E-state index contributed by atoms with van der Waals surface area (Å²) in [6.07, 6.45) is 1.91. The van der Waals surface area contributed by atoms with E-state index in [0.29, 0.717) is 13.2 Å². The van der Waals surface area contributed by atoms with Gasteiger partial charge in [-0.1, -0.05) is 23.7 Å². The first-order valence-corrected chi connectivity index (χ1v) is 9.36. The topological polar surface area (TPSA) is 45.0 Å². The SMILES string of the molecule is CN=C(NCc1cccc(OCCN(C)C)c1)N(C)Cc1cc(Cl)cn1C.I. The van der Waals surface area contributed by atoms with Gasteiger partial charge in [-0.3, -0.25) is 4.99 Å². The summed E-state index contributed by atoms with van der Waals surface area (Å²) < 4.78 is 7.84. The molecule has 28 heavy (non-hydrogen) atoms. The Hall–Kier alpha value is -1.45. The maximum atomic E-state index is 6.07. The van der Waals surface area contributed by atoms with Gasteiger partial charge in [0.15, 0.2) is 5.96 Å². The van der Waals surface area contributed by atoms with Gasteiger partial charge in [-0.05, 0) is 37.9 Å². The molecule has 0 spiro atoms. The molecule has 1 N–H and O–H groups in total. The zero-order chi connectivity index (χ0) is 19.8. The van der Waals surface area contributed by atoms with Crippen molar-refractivity contribution in [3.05, 3.63) is 52.8 Å². The first-order chi connectivity index (χ1) is 12.9. The summed E-state index contributed by atoms with van der Waals surface area (Å²) in [5, 5.41) is 4.15. The predicted molar refractivity (Wildman–Crippen MR) is 128 cm³/mol. The summed E-state index contributed by atoms with van der Waals surface area (Å²) in [7, 11) is 9.87. The van der Waals surface area contributed by atoms with Crippen molar-refractivity contribution >= 4 is 41.5 Å². The number of nitrogens with one attached hydrogen (secondary N) is 1. The molecule has 0 atom stereocenters. The maximum absolute atomic E-state index is 6.07. The average Bonchev–Trinajstić information content (AvgIpc) is 2.92. The van der Waals surface area contributed by atoms with Gasteiger partial charge in [-0.25, -0.2) is 0 Å². The molecule has 156 valence electrons. The molecule has 0 unspecified atom stereocenters. The third-order valence-corrected chi connectivity index (χ3v) is 4.41. The van der Waals surface area contributed by atoms with E-state index in [9.17, 15) is 0 Å². The van der Waals surface area contributed by atoms with E-state index in [4.69, 9.17) is 16.3 Å². The number of ether oxygens (including phenoxy) is 1. The van der Waals surface area contributed by atoms with E-state index in [1.807, 2.05) is 57.2 Å². The fourth-order valence-corrected chi connectivity index (χ4v) is 2.97. The molecule has 0 saturated heterocycles. The normalized spacial score (nSPS) is 11.3. The molecule has 1 heterocycles. The molecule has 0 fully saturated rings. The molecule has 1 aromatic carbocycles. The number of hydrogen-bond acceptors (Lipinski definition) is 3. The van der Waals surface area contributed by atoms with E-state index in [0.717, 1.165) is 41.1 Å². The molecule has 0 radical (unpaired) electrons. The highest BCUT2D eigenvalue weighted by Crippen LogP contribution is 2.15. The van der Waals surface area contributed by atoms with Crippen molar-refractivity contribution in [1.82, 2.24) is 19.7 Å². The van der Waals surface area contributed by atoms with Crippen molar-refractivity contribution < 1.29 is 4.74 Å². The van der Waals surface area contributed by atoms with Crippen molar-refractivity contribution in [2.45, 2.75) is 13.1 Å². The minimum absolute atomic E-state index is 0. The zero-order valence-electron chi connectivity index (χ0n) is 17.3. The largest absolute Gasteiger partial charge is 0.492 e. The minimum Gasteiger partial charge on any atom is -0.492 e. The third kappa shape index (κ3) is 7.89. The van der Waals surface area contributed by atoms with Crippen LogP contribution >= 0.6 is 35.6 Å². The first kappa shape index (κ1) is 24.6. The first-order valence-electron chi connectivity index (χ1n) is 8.98. The van der Waals surface area contributed by atoms with Gasteiger partial charge in [-0.15, -0.1) is 24.0 Å². The molecule has 0 saturated carbocycles. The van der Waals surface area contributed by atoms with E-state index in [-0.39, 0.29) is 24.0 Å². The van der Waals surface area contributed by atoms with Crippen LogP contribution < -0.4 is 10.1 Å². The Morgan fingerprint density at radius 1 is 1.25 bits per heavy atom. The van der Waals surface area contributed by atoms with E-state index in [2.05, 4.69) is 32.2 Å². The number of likely N-dealkylation sites (N-methyl/N-ethyl adjacent to an activating group) is 1.